The third-order valence-electron chi connectivity index (χ3n) is 4.61. The highest BCUT2D eigenvalue weighted by Crippen LogP contribution is 2.29. The number of hydrogen-bond acceptors (Lipinski definition) is 2. The number of aliphatic imine (C=N–C) groups is 1. The van der Waals surface area contributed by atoms with Gasteiger partial charge in [0.1, 0.15) is 11.6 Å². The fraction of sp³-hybridized carbons (Fsp3) is 0.588. The Morgan fingerprint density at radius 1 is 1.21 bits per heavy atom. The minimum Gasteiger partial charge on any atom is -0.354 e. The normalized spacial score (nSPS) is 19.7. The van der Waals surface area contributed by atoms with Crippen molar-refractivity contribution in [1.82, 2.24) is 15.5 Å². The molecule has 0 spiro atoms. The predicted octanol–water partition coefficient (Wildman–Crippen LogP) is 2.87. The Morgan fingerprint density at radius 3 is 2.54 bits per heavy atom. The number of nitrogens with zero attached hydrogens (tertiary/aromatic N) is 2. The summed E-state index contributed by atoms with van der Waals surface area (Å²) in [5, 5.41) is 6.45. The van der Waals surface area contributed by atoms with E-state index >= 15 is 0 Å². The van der Waals surface area contributed by atoms with Crippen LogP contribution >= 0.6 is 24.0 Å². The van der Waals surface area contributed by atoms with Crippen molar-refractivity contribution in [3.05, 3.63) is 35.4 Å². The molecule has 0 unspecified atom stereocenters. The van der Waals surface area contributed by atoms with E-state index in [1.807, 2.05) is 0 Å². The number of hydrogen-bond donors (Lipinski definition) is 2. The van der Waals surface area contributed by atoms with E-state index in [4.69, 9.17) is 0 Å². The van der Waals surface area contributed by atoms with Crippen molar-refractivity contribution >= 4 is 29.9 Å². The molecule has 7 heteroatoms. The number of halogens is 3. The molecule has 0 radical (unpaired) electrons. The first-order valence-corrected chi connectivity index (χ1v) is 8.31. The van der Waals surface area contributed by atoms with E-state index in [9.17, 15) is 8.78 Å². The maximum Gasteiger partial charge on any atom is 0.191 e. The molecule has 134 valence electrons. The topological polar surface area (TPSA) is 39.7 Å². The van der Waals surface area contributed by atoms with Crippen LogP contribution in [0.1, 0.15) is 31.2 Å². The van der Waals surface area contributed by atoms with Crippen molar-refractivity contribution < 1.29 is 8.78 Å². The Labute approximate surface area is 159 Å². The fourth-order valence-corrected chi connectivity index (χ4v) is 3.09. The van der Waals surface area contributed by atoms with Crippen LogP contribution in [-0.4, -0.2) is 43.1 Å². The number of piperidine rings is 1. The summed E-state index contributed by atoms with van der Waals surface area (Å²) >= 11 is 0. The van der Waals surface area contributed by atoms with Crippen molar-refractivity contribution in [2.75, 3.05) is 20.1 Å². The highest BCUT2D eigenvalue weighted by molar-refractivity contribution is 14.0. The molecule has 1 saturated carbocycles. The van der Waals surface area contributed by atoms with Crippen molar-refractivity contribution in [3.63, 3.8) is 0 Å². The first-order chi connectivity index (χ1) is 11.2. The van der Waals surface area contributed by atoms with E-state index in [1.165, 1.54) is 18.9 Å². The van der Waals surface area contributed by atoms with Gasteiger partial charge in [0.25, 0.3) is 0 Å². The summed E-state index contributed by atoms with van der Waals surface area (Å²) in [6.07, 6.45) is 4.87. The summed E-state index contributed by atoms with van der Waals surface area (Å²) in [7, 11) is 1.69. The largest absolute Gasteiger partial charge is 0.354 e. The molecule has 0 aromatic heterocycles. The number of likely N-dealkylation sites (tertiary alicyclic amines) is 1. The minimum absolute atomic E-state index is 0. The summed E-state index contributed by atoms with van der Waals surface area (Å²) in [5.41, 5.74) is 0.302. The van der Waals surface area contributed by atoms with E-state index in [-0.39, 0.29) is 30.5 Å². The van der Waals surface area contributed by atoms with Crippen LogP contribution in [0.2, 0.25) is 0 Å². The fourth-order valence-electron chi connectivity index (χ4n) is 3.09. The van der Waals surface area contributed by atoms with Gasteiger partial charge in [-0.05, 0) is 43.9 Å². The minimum atomic E-state index is -0.432. The van der Waals surface area contributed by atoms with Crippen LogP contribution in [0.3, 0.4) is 0 Å². The SMILES string of the molecule is CN=C(NCc1cc(F)ccc1F)NC1CCN(C2CC2)CC1.I. The van der Waals surface area contributed by atoms with Crippen molar-refractivity contribution in [2.45, 2.75) is 44.3 Å². The zero-order valence-electron chi connectivity index (χ0n) is 13.9. The monoisotopic (exact) mass is 450 g/mol. The Kier molecular flexibility index (Phi) is 7.21. The molecule has 2 aliphatic rings. The molecule has 24 heavy (non-hydrogen) atoms. The molecule has 1 aromatic carbocycles. The molecule has 2 N–H and O–H groups in total. The lowest BCUT2D eigenvalue weighted by Gasteiger charge is -2.33. The van der Waals surface area contributed by atoms with Crippen LogP contribution < -0.4 is 10.6 Å². The van der Waals surface area contributed by atoms with Gasteiger partial charge in [0.2, 0.25) is 0 Å². The molecule has 4 nitrogen and oxygen atoms in total. The molecular weight excluding hydrogens is 425 g/mol. The van der Waals surface area contributed by atoms with Crippen LogP contribution in [0.5, 0.6) is 0 Å². The highest BCUT2D eigenvalue weighted by atomic mass is 127. The molecule has 0 atom stereocenters. The molecule has 1 heterocycles. The Bertz CT molecular complexity index is 570. The summed E-state index contributed by atoms with van der Waals surface area (Å²) in [4.78, 5) is 6.75. The van der Waals surface area contributed by atoms with Crippen LogP contribution in [0, 0.1) is 11.6 Å². The Balaban J connectivity index is 0.00000208. The molecular formula is C17H25F2IN4. The molecule has 1 aliphatic carbocycles. The van der Waals surface area contributed by atoms with E-state index in [1.54, 1.807) is 7.05 Å². The maximum atomic E-state index is 13.6. The number of rotatable bonds is 4. The standard InChI is InChI=1S/C17H24F2N4.HI/c1-20-17(21-11-12-10-13(18)2-5-16(12)19)22-14-6-8-23(9-7-14)15-3-4-15;/h2,5,10,14-15H,3-4,6-9,11H2,1H3,(H2,20,21,22);1H. The number of guanidine groups is 1. The quantitative estimate of drug-likeness (QED) is 0.421. The molecule has 2 fully saturated rings. The average Bonchev–Trinajstić information content (AvgIpc) is 3.40. The van der Waals surface area contributed by atoms with Crippen molar-refractivity contribution in [1.29, 1.82) is 0 Å². The molecule has 1 aromatic rings. The zero-order chi connectivity index (χ0) is 16.2. The van der Waals surface area contributed by atoms with Crippen molar-refractivity contribution in [2.24, 2.45) is 4.99 Å². The van der Waals surface area contributed by atoms with Gasteiger partial charge in [0, 0.05) is 44.3 Å². The summed E-state index contributed by atoms with van der Waals surface area (Å²) in [6.45, 7) is 2.46. The molecule has 0 bridgehead atoms. The summed E-state index contributed by atoms with van der Waals surface area (Å²) in [5.74, 6) is -0.204. The Hall–Kier alpha value is -0.960. The van der Waals surface area contributed by atoms with Gasteiger partial charge in [-0.2, -0.15) is 0 Å². The number of benzene rings is 1. The van der Waals surface area contributed by atoms with Gasteiger partial charge >= 0.3 is 0 Å². The van der Waals surface area contributed by atoms with E-state index in [2.05, 4.69) is 20.5 Å². The van der Waals surface area contributed by atoms with Crippen molar-refractivity contribution in [3.8, 4) is 0 Å². The summed E-state index contributed by atoms with van der Waals surface area (Å²) < 4.78 is 26.8. The lowest BCUT2D eigenvalue weighted by Crippen LogP contribution is -2.48. The van der Waals surface area contributed by atoms with Gasteiger partial charge in [-0.3, -0.25) is 4.99 Å². The zero-order valence-corrected chi connectivity index (χ0v) is 16.2. The van der Waals surface area contributed by atoms with Gasteiger partial charge in [-0.1, -0.05) is 0 Å². The van der Waals surface area contributed by atoms with Crippen LogP contribution in [-0.2, 0) is 6.54 Å². The molecule has 1 saturated heterocycles. The Morgan fingerprint density at radius 2 is 1.92 bits per heavy atom. The second kappa shape index (κ2) is 8.94. The maximum absolute atomic E-state index is 13.6. The molecule has 3 rings (SSSR count). The van der Waals surface area contributed by atoms with Crippen LogP contribution in [0.25, 0.3) is 0 Å². The third-order valence-corrected chi connectivity index (χ3v) is 4.61. The summed E-state index contributed by atoms with van der Waals surface area (Å²) in [6, 6.07) is 4.69. The van der Waals surface area contributed by atoms with Gasteiger partial charge in [0.05, 0.1) is 0 Å². The number of nitrogens with one attached hydrogen (secondary N) is 2. The second-order valence-electron chi connectivity index (χ2n) is 6.35. The average molecular weight is 450 g/mol. The van der Waals surface area contributed by atoms with Gasteiger partial charge < -0.3 is 15.5 Å². The smallest absolute Gasteiger partial charge is 0.191 e. The van der Waals surface area contributed by atoms with Gasteiger partial charge in [-0.15, -0.1) is 24.0 Å². The van der Waals surface area contributed by atoms with E-state index in [0.717, 1.165) is 44.1 Å². The first kappa shape index (κ1) is 19.4. The van der Waals surface area contributed by atoms with E-state index < -0.39 is 11.6 Å². The predicted molar refractivity (Wildman–Crippen MR) is 103 cm³/mol. The molecule has 0 amide bonds. The lowest BCUT2D eigenvalue weighted by molar-refractivity contribution is 0.197. The second-order valence-corrected chi connectivity index (χ2v) is 6.35. The van der Waals surface area contributed by atoms with Crippen LogP contribution in [0.4, 0.5) is 8.78 Å². The van der Waals surface area contributed by atoms with Gasteiger partial charge in [0.15, 0.2) is 5.96 Å². The molecule has 1 aliphatic heterocycles. The first-order valence-electron chi connectivity index (χ1n) is 8.31. The third kappa shape index (κ3) is 5.27. The van der Waals surface area contributed by atoms with Gasteiger partial charge in [-0.25, -0.2) is 8.78 Å². The highest BCUT2D eigenvalue weighted by Gasteiger charge is 2.31. The van der Waals surface area contributed by atoms with E-state index in [0.29, 0.717) is 17.6 Å². The van der Waals surface area contributed by atoms with Crippen LogP contribution in [0.15, 0.2) is 23.2 Å². The lowest BCUT2D eigenvalue weighted by atomic mass is 10.1.